The fourth-order valence-corrected chi connectivity index (χ4v) is 3.76. The molecule has 1 aromatic carbocycles. The molecular formula is C21H24N6. The zero-order valence-electron chi connectivity index (χ0n) is 15.5. The van der Waals surface area contributed by atoms with E-state index in [-0.39, 0.29) is 0 Å². The first-order valence-corrected chi connectivity index (χ1v) is 9.80. The lowest BCUT2D eigenvalue weighted by molar-refractivity contribution is 0.686. The number of fused-ring (bicyclic) bond motifs is 1. The molecule has 0 saturated heterocycles. The van der Waals surface area contributed by atoms with Gasteiger partial charge in [-0.2, -0.15) is 10.1 Å². The summed E-state index contributed by atoms with van der Waals surface area (Å²) in [5, 5.41) is 14.1. The smallest absolute Gasteiger partial charge is 0.229 e. The maximum absolute atomic E-state index is 4.62. The van der Waals surface area contributed by atoms with Gasteiger partial charge in [0.2, 0.25) is 5.95 Å². The number of aromatic nitrogens is 4. The Hall–Kier alpha value is -2.89. The molecule has 5 rings (SSSR count). The number of hydrogen-bond acceptors (Lipinski definition) is 5. The molecule has 0 aliphatic heterocycles. The average molecular weight is 360 g/mol. The van der Waals surface area contributed by atoms with Crippen molar-refractivity contribution in [3.05, 3.63) is 52.8 Å². The van der Waals surface area contributed by atoms with E-state index < -0.39 is 0 Å². The minimum Gasteiger partial charge on any atom is -0.324 e. The van der Waals surface area contributed by atoms with Gasteiger partial charge in [0.25, 0.3) is 0 Å². The van der Waals surface area contributed by atoms with Crippen LogP contribution in [0.1, 0.15) is 54.1 Å². The molecule has 0 spiro atoms. The summed E-state index contributed by atoms with van der Waals surface area (Å²) in [5.74, 6) is 2.80. The summed E-state index contributed by atoms with van der Waals surface area (Å²) < 4.78 is 0. The maximum atomic E-state index is 4.62. The molecule has 2 aliphatic rings. The monoisotopic (exact) mass is 360 g/mol. The quantitative estimate of drug-likeness (QED) is 0.612. The zero-order chi connectivity index (χ0) is 18.2. The fraction of sp³-hybridized carbons (Fsp3) is 0.381. The van der Waals surface area contributed by atoms with Crippen molar-refractivity contribution in [3.8, 4) is 0 Å². The number of nitrogens with one attached hydrogen (secondary N) is 3. The van der Waals surface area contributed by atoms with Gasteiger partial charge in [-0.3, -0.25) is 5.10 Å². The molecule has 2 heterocycles. The molecule has 1 saturated carbocycles. The third-order valence-electron chi connectivity index (χ3n) is 5.33. The average Bonchev–Trinajstić information content (AvgIpc) is 3.41. The van der Waals surface area contributed by atoms with Crippen molar-refractivity contribution in [2.45, 2.75) is 51.4 Å². The second-order valence-corrected chi connectivity index (χ2v) is 7.64. The van der Waals surface area contributed by atoms with Gasteiger partial charge in [-0.15, -0.1) is 0 Å². The predicted octanol–water partition coefficient (Wildman–Crippen LogP) is 4.75. The van der Waals surface area contributed by atoms with E-state index in [1.165, 1.54) is 48.9 Å². The van der Waals surface area contributed by atoms with Crippen LogP contribution in [-0.2, 0) is 12.8 Å². The summed E-state index contributed by atoms with van der Waals surface area (Å²) in [4.78, 5) is 9.15. The molecule has 2 aromatic heterocycles. The van der Waals surface area contributed by atoms with E-state index in [0.29, 0.717) is 11.9 Å². The fourth-order valence-electron chi connectivity index (χ4n) is 3.76. The predicted molar refractivity (Wildman–Crippen MR) is 107 cm³/mol. The molecule has 6 nitrogen and oxygen atoms in total. The number of benzene rings is 1. The summed E-state index contributed by atoms with van der Waals surface area (Å²) in [6, 6.07) is 10.6. The molecule has 27 heavy (non-hydrogen) atoms. The van der Waals surface area contributed by atoms with Crippen LogP contribution >= 0.6 is 0 Å². The standard InChI is InChI=1S/C21H24N6/c1-13-10-19(24-20-12-18(26-27-20)15-6-7-15)25-21(22-13)23-17-9-8-14-4-2-3-5-16(14)11-17/h8-12,15H,2-7H2,1H3,(H3,22,23,24,25,26,27). The van der Waals surface area contributed by atoms with Crippen LogP contribution in [-0.4, -0.2) is 20.2 Å². The van der Waals surface area contributed by atoms with Crippen LogP contribution in [0.3, 0.4) is 0 Å². The van der Waals surface area contributed by atoms with Gasteiger partial charge >= 0.3 is 0 Å². The van der Waals surface area contributed by atoms with Gasteiger partial charge < -0.3 is 10.6 Å². The molecule has 3 N–H and O–H groups in total. The van der Waals surface area contributed by atoms with Gasteiger partial charge in [-0.25, -0.2) is 4.98 Å². The van der Waals surface area contributed by atoms with Crippen LogP contribution in [0.15, 0.2) is 30.3 Å². The molecule has 3 aromatic rings. The summed E-state index contributed by atoms with van der Waals surface area (Å²) in [6.45, 7) is 1.98. The third-order valence-corrected chi connectivity index (χ3v) is 5.33. The first-order chi connectivity index (χ1) is 13.2. The summed E-state index contributed by atoms with van der Waals surface area (Å²) in [5.41, 5.74) is 6.08. The second kappa shape index (κ2) is 6.68. The van der Waals surface area contributed by atoms with E-state index >= 15 is 0 Å². The van der Waals surface area contributed by atoms with E-state index in [1.807, 2.05) is 13.0 Å². The summed E-state index contributed by atoms with van der Waals surface area (Å²) in [6.07, 6.45) is 7.43. The van der Waals surface area contributed by atoms with Gasteiger partial charge in [0, 0.05) is 35.1 Å². The molecule has 0 amide bonds. The van der Waals surface area contributed by atoms with Crippen LogP contribution in [0.25, 0.3) is 0 Å². The molecular weight excluding hydrogens is 336 g/mol. The maximum Gasteiger partial charge on any atom is 0.229 e. The number of H-pyrrole nitrogens is 1. The number of anilines is 4. The first-order valence-electron chi connectivity index (χ1n) is 9.80. The Kier molecular flexibility index (Phi) is 4.03. The van der Waals surface area contributed by atoms with Crippen LogP contribution in [0.4, 0.5) is 23.3 Å². The number of rotatable bonds is 5. The molecule has 0 bridgehead atoms. The highest BCUT2D eigenvalue weighted by molar-refractivity contribution is 5.60. The highest BCUT2D eigenvalue weighted by atomic mass is 15.2. The van der Waals surface area contributed by atoms with Crippen LogP contribution in [0.5, 0.6) is 0 Å². The van der Waals surface area contributed by atoms with Crippen molar-refractivity contribution >= 4 is 23.3 Å². The van der Waals surface area contributed by atoms with E-state index in [0.717, 1.165) is 29.4 Å². The Morgan fingerprint density at radius 3 is 2.63 bits per heavy atom. The molecule has 2 aliphatic carbocycles. The van der Waals surface area contributed by atoms with Crippen molar-refractivity contribution in [2.24, 2.45) is 0 Å². The van der Waals surface area contributed by atoms with E-state index in [9.17, 15) is 0 Å². The van der Waals surface area contributed by atoms with Gasteiger partial charge in [0.15, 0.2) is 5.82 Å². The van der Waals surface area contributed by atoms with Crippen LogP contribution < -0.4 is 10.6 Å². The Labute approximate surface area is 158 Å². The summed E-state index contributed by atoms with van der Waals surface area (Å²) in [7, 11) is 0. The lowest BCUT2D eigenvalue weighted by Crippen LogP contribution is -2.05. The number of aromatic amines is 1. The van der Waals surface area contributed by atoms with Crippen LogP contribution in [0, 0.1) is 6.92 Å². The highest BCUT2D eigenvalue weighted by Crippen LogP contribution is 2.39. The largest absolute Gasteiger partial charge is 0.324 e. The van der Waals surface area contributed by atoms with Gasteiger partial charge in [-0.05, 0) is 68.7 Å². The Morgan fingerprint density at radius 1 is 0.926 bits per heavy atom. The molecule has 0 atom stereocenters. The molecule has 6 heteroatoms. The Morgan fingerprint density at radius 2 is 1.78 bits per heavy atom. The third kappa shape index (κ3) is 3.65. The van der Waals surface area contributed by atoms with E-state index in [2.05, 4.69) is 55.1 Å². The summed E-state index contributed by atoms with van der Waals surface area (Å²) >= 11 is 0. The molecule has 1 fully saturated rings. The second-order valence-electron chi connectivity index (χ2n) is 7.64. The van der Waals surface area contributed by atoms with E-state index in [4.69, 9.17) is 0 Å². The zero-order valence-corrected chi connectivity index (χ0v) is 15.5. The van der Waals surface area contributed by atoms with Gasteiger partial charge in [-0.1, -0.05) is 6.07 Å². The first kappa shape index (κ1) is 16.3. The van der Waals surface area contributed by atoms with Crippen molar-refractivity contribution in [2.75, 3.05) is 10.6 Å². The van der Waals surface area contributed by atoms with E-state index in [1.54, 1.807) is 0 Å². The van der Waals surface area contributed by atoms with Crippen molar-refractivity contribution in [1.82, 2.24) is 20.2 Å². The molecule has 0 unspecified atom stereocenters. The van der Waals surface area contributed by atoms with Crippen molar-refractivity contribution in [1.29, 1.82) is 0 Å². The van der Waals surface area contributed by atoms with Gasteiger partial charge in [0.05, 0.1) is 0 Å². The molecule has 138 valence electrons. The van der Waals surface area contributed by atoms with Gasteiger partial charge in [0.1, 0.15) is 5.82 Å². The lowest BCUT2D eigenvalue weighted by Gasteiger charge is -2.17. The molecule has 0 radical (unpaired) electrons. The minimum atomic E-state index is 0.603. The normalized spacial score (nSPS) is 16.0. The topological polar surface area (TPSA) is 78.5 Å². The lowest BCUT2D eigenvalue weighted by atomic mass is 9.91. The highest BCUT2D eigenvalue weighted by Gasteiger charge is 2.25. The van der Waals surface area contributed by atoms with Crippen molar-refractivity contribution in [3.63, 3.8) is 0 Å². The van der Waals surface area contributed by atoms with Crippen LogP contribution in [0.2, 0.25) is 0 Å². The Balaban J connectivity index is 1.35. The Bertz CT molecular complexity index is 973. The SMILES string of the molecule is Cc1cc(Nc2cc(C3CC3)[nH]n2)nc(Nc2ccc3c(c2)CCCC3)n1. The number of hydrogen-bond donors (Lipinski definition) is 3. The number of aryl methyl sites for hydroxylation is 3. The number of nitrogens with zero attached hydrogens (tertiary/aromatic N) is 3. The minimum absolute atomic E-state index is 0.603. The van der Waals surface area contributed by atoms with Crippen molar-refractivity contribution < 1.29 is 0 Å².